The fraction of sp³-hybridized carbons (Fsp3) is 0.304. The zero-order valence-corrected chi connectivity index (χ0v) is 16.2. The minimum Gasteiger partial charge on any atom is -0.457 e. The van der Waals surface area contributed by atoms with Gasteiger partial charge in [0.1, 0.15) is 17.2 Å². The number of amides is 1. The molecular formula is C23H24N4O2. The first-order valence-electron chi connectivity index (χ1n) is 10.1. The molecule has 2 heterocycles. The number of para-hydroxylation sites is 2. The van der Waals surface area contributed by atoms with Crippen LogP contribution in [0.15, 0.2) is 60.7 Å². The molecule has 1 amide bonds. The second kappa shape index (κ2) is 7.37. The van der Waals surface area contributed by atoms with Crippen LogP contribution in [0.1, 0.15) is 29.8 Å². The average Bonchev–Trinajstić information content (AvgIpc) is 3.45. The normalized spacial score (nSPS) is 23.0. The third-order valence-electron chi connectivity index (χ3n) is 6.11. The maximum absolute atomic E-state index is 12.9. The second-order valence-corrected chi connectivity index (χ2v) is 7.91. The number of carbonyl (C=O) groups excluding carboxylic acids is 1. The van der Waals surface area contributed by atoms with E-state index in [1.807, 2.05) is 54.6 Å². The Morgan fingerprint density at radius 3 is 2.86 bits per heavy atom. The number of rotatable bonds is 5. The summed E-state index contributed by atoms with van der Waals surface area (Å²) in [5.74, 6) is 1.88. The summed E-state index contributed by atoms with van der Waals surface area (Å²) >= 11 is 0. The van der Waals surface area contributed by atoms with Gasteiger partial charge in [-0.25, -0.2) is 0 Å². The Labute approximate surface area is 169 Å². The van der Waals surface area contributed by atoms with E-state index in [2.05, 4.69) is 20.8 Å². The highest BCUT2D eigenvalue weighted by atomic mass is 16.5. The van der Waals surface area contributed by atoms with Crippen LogP contribution < -0.4 is 15.4 Å². The van der Waals surface area contributed by atoms with Crippen LogP contribution in [0.5, 0.6) is 11.5 Å². The fourth-order valence-corrected chi connectivity index (χ4v) is 4.60. The van der Waals surface area contributed by atoms with E-state index in [1.54, 1.807) is 6.07 Å². The molecule has 1 saturated carbocycles. The Morgan fingerprint density at radius 1 is 1.14 bits per heavy atom. The molecule has 6 heteroatoms. The molecule has 29 heavy (non-hydrogen) atoms. The first-order chi connectivity index (χ1) is 14.2. The van der Waals surface area contributed by atoms with Crippen LogP contribution in [0.2, 0.25) is 0 Å². The molecule has 5 rings (SSSR count). The average molecular weight is 388 g/mol. The van der Waals surface area contributed by atoms with Crippen molar-refractivity contribution in [1.29, 1.82) is 0 Å². The molecule has 1 aliphatic heterocycles. The van der Waals surface area contributed by atoms with Crippen molar-refractivity contribution < 1.29 is 9.53 Å². The van der Waals surface area contributed by atoms with Gasteiger partial charge in [-0.05, 0) is 49.1 Å². The molecule has 1 saturated heterocycles. The summed E-state index contributed by atoms with van der Waals surface area (Å²) in [5, 5.41) is 14.0. The molecule has 6 nitrogen and oxygen atoms in total. The molecule has 1 aromatic heterocycles. The minimum absolute atomic E-state index is 0.0965. The Kier molecular flexibility index (Phi) is 4.56. The molecule has 2 aromatic carbocycles. The predicted octanol–water partition coefficient (Wildman–Crippen LogP) is 3.74. The summed E-state index contributed by atoms with van der Waals surface area (Å²) in [6.07, 6.45) is 3.38. The molecule has 0 radical (unpaired) electrons. The van der Waals surface area contributed by atoms with Crippen molar-refractivity contribution in [2.75, 3.05) is 13.1 Å². The third-order valence-corrected chi connectivity index (χ3v) is 6.11. The Morgan fingerprint density at radius 2 is 1.97 bits per heavy atom. The molecule has 3 aromatic rings. The van der Waals surface area contributed by atoms with Gasteiger partial charge in [0.05, 0.1) is 11.2 Å². The maximum Gasteiger partial charge on any atom is 0.269 e. The van der Waals surface area contributed by atoms with Crippen molar-refractivity contribution in [2.45, 2.75) is 24.8 Å². The standard InChI is InChI=1S/C23H24N4O2/c28-22(25-23-12-6-7-16(23)14-24-15-23)20-13-19(26-27-20)18-10-4-5-11-21(18)29-17-8-2-1-3-9-17/h1-5,8-11,13,16,24H,6-7,12,14-15H2,(H,25,28)(H,26,27)/t16-,23-/m0/s1. The SMILES string of the molecule is O=C(N[C@]12CCC[C@H]1CNC2)c1cc(-c2ccccc2Oc2ccccc2)n[nH]1. The van der Waals surface area contributed by atoms with Crippen molar-refractivity contribution >= 4 is 5.91 Å². The topological polar surface area (TPSA) is 79.0 Å². The number of hydrogen-bond acceptors (Lipinski definition) is 4. The molecule has 2 aliphatic rings. The Bertz CT molecular complexity index is 1000. The maximum atomic E-state index is 12.9. The first-order valence-corrected chi connectivity index (χ1v) is 10.1. The van der Waals surface area contributed by atoms with Gasteiger partial charge in [-0.3, -0.25) is 9.89 Å². The predicted molar refractivity (Wildman–Crippen MR) is 111 cm³/mol. The molecule has 2 atom stereocenters. The highest BCUT2D eigenvalue weighted by Gasteiger charge is 2.47. The number of H-pyrrole nitrogens is 1. The van der Waals surface area contributed by atoms with E-state index < -0.39 is 0 Å². The van der Waals surface area contributed by atoms with Gasteiger partial charge in [-0.1, -0.05) is 36.8 Å². The monoisotopic (exact) mass is 388 g/mol. The molecular weight excluding hydrogens is 364 g/mol. The van der Waals surface area contributed by atoms with Gasteiger partial charge < -0.3 is 15.4 Å². The lowest BCUT2D eigenvalue weighted by Crippen LogP contribution is -2.51. The van der Waals surface area contributed by atoms with E-state index in [9.17, 15) is 4.79 Å². The number of carbonyl (C=O) groups is 1. The van der Waals surface area contributed by atoms with E-state index in [0.717, 1.165) is 30.8 Å². The summed E-state index contributed by atoms with van der Waals surface area (Å²) in [6.45, 7) is 1.83. The second-order valence-electron chi connectivity index (χ2n) is 7.91. The highest BCUT2D eigenvalue weighted by molar-refractivity contribution is 5.94. The lowest BCUT2D eigenvalue weighted by Gasteiger charge is -2.29. The molecule has 2 fully saturated rings. The Hall–Kier alpha value is -3.12. The van der Waals surface area contributed by atoms with E-state index in [4.69, 9.17) is 4.74 Å². The van der Waals surface area contributed by atoms with Gasteiger partial charge in [0.2, 0.25) is 0 Å². The van der Waals surface area contributed by atoms with Gasteiger partial charge in [0.15, 0.2) is 0 Å². The molecule has 0 bridgehead atoms. The van der Waals surface area contributed by atoms with Crippen LogP contribution in [0.4, 0.5) is 0 Å². The van der Waals surface area contributed by atoms with Gasteiger partial charge in [0.25, 0.3) is 5.91 Å². The van der Waals surface area contributed by atoms with Crippen LogP contribution in [0.25, 0.3) is 11.3 Å². The van der Waals surface area contributed by atoms with Gasteiger partial charge in [-0.2, -0.15) is 5.10 Å². The third kappa shape index (κ3) is 3.40. The number of benzene rings is 2. The van der Waals surface area contributed by atoms with Gasteiger partial charge >= 0.3 is 0 Å². The molecule has 148 valence electrons. The summed E-state index contributed by atoms with van der Waals surface area (Å²) in [7, 11) is 0. The zero-order chi connectivity index (χ0) is 19.7. The smallest absolute Gasteiger partial charge is 0.269 e. The summed E-state index contributed by atoms with van der Waals surface area (Å²) in [5.41, 5.74) is 1.88. The van der Waals surface area contributed by atoms with Crippen molar-refractivity contribution in [3.8, 4) is 22.8 Å². The summed E-state index contributed by atoms with van der Waals surface area (Å²) < 4.78 is 6.03. The number of aromatic amines is 1. The lowest BCUT2D eigenvalue weighted by molar-refractivity contribution is 0.0888. The first kappa shape index (κ1) is 17.9. The van der Waals surface area contributed by atoms with Gasteiger partial charge in [-0.15, -0.1) is 0 Å². The number of fused-ring (bicyclic) bond motifs is 1. The van der Waals surface area contributed by atoms with Crippen LogP contribution in [0, 0.1) is 5.92 Å². The zero-order valence-electron chi connectivity index (χ0n) is 16.2. The number of nitrogens with zero attached hydrogens (tertiary/aromatic N) is 1. The lowest BCUT2D eigenvalue weighted by atomic mass is 9.90. The molecule has 3 N–H and O–H groups in total. The van der Waals surface area contributed by atoms with Crippen LogP contribution in [0.3, 0.4) is 0 Å². The fourth-order valence-electron chi connectivity index (χ4n) is 4.60. The largest absolute Gasteiger partial charge is 0.457 e. The van der Waals surface area contributed by atoms with Crippen molar-refractivity contribution in [1.82, 2.24) is 20.8 Å². The van der Waals surface area contributed by atoms with Crippen LogP contribution in [-0.4, -0.2) is 34.7 Å². The molecule has 0 spiro atoms. The van der Waals surface area contributed by atoms with Crippen molar-refractivity contribution in [3.05, 3.63) is 66.4 Å². The Balaban J connectivity index is 1.37. The van der Waals surface area contributed by atoms with Crippen molar-refractivity contribution in [3.63, 3.8) is 0 Å². The van der Waals surface area contributed by atoms with E-state index in [0.29, 0.717) is 23.1 Å². The number of hydrogen-bond donors (Lipinski definition) is 3. The number of aromatic nitrogens is 2. The molecule has 0 unspecified atom stereocenters. The van der Waals surface area contributed by atoms with Crippen LogP contribution >= 0.6 is 0 Å². The van der Waals surface area contributed by atoms with E-state index >= 15 is 0 Å². The minimum atomic E-state index is -0.114. The van der Waals surface area contributed by atoms with Gasteiger partial charge in [0, 0.05) is 18.7 Å². The number of ether oxygens (including phenoxy) is 1. The number of nitrogens with one attached hydrogen (secondary N) is 3. The van der Waals surface area contributed by atoms with Crippen molar-refractivity contribution in [2.24, 2.45) is 5.92 Å². The van der Waals surface area contributed by atoms with E-state index in [1.165, 1.54) is 12.8 Å². The molecule has 1 aliphatic carbocycles. The van der Waals surface area contributed by atoms with E-state index in [-0.39, 0.29) is 11.4 Å². The quantitative estimate of drug-likeness (QED) is 0.622. The summed E-state index contributed by atoms with van der Waals surface area (Å²) in [6, 6.07) is 19.1. The highest BCUT2D eigenvalue weighted by Crippen LogP contribution is 2.38. The van der Waals surface area contributed by atoms with Crippen LogP contribution in [-0.2, 0) is 0 Å². The summed E-state index contributed by atoms with van der Waals surface area (Å²) in [4.78, 5) is 12.9.